The average Bonchev–Trinajstić information content (AvgIpc) is 4.02. The van der Waals surface area contributed by atoms with E-state index in [4.69, 9.17) is 49.4 Å². The molecule has 8 bridgehead atoms. The van der Waals surface area contributed by atoms with E-state index in [9.17, 15) is 4.80 Å². The minimum Gasteiger partial charge on any atom is -0.373 e. The molecule has 0 amide bonds. The Labute approximate surface area is 341 Å². The molecule has 6 aliphatic heterocycles. The Hall–Kier alpha value is 1.22. The van der Waals surface area contributed by atoms with Gasteiger partial charge >= 0.3 is 70.7 Å². The lowest BCUT2D eigenvalue weighted by molar-refractivity contribution is -0.0627. The quantitative estimate of drug-likeness (QED) is 0.244. The van der Waals surface area contributed by atoms with E-state index < -0.39 is 70.7 Å². The lowest BCUT2D eigenvalue weighted by Gasteiger charge is -2.65. The summed E-state index contributed by atoms with van der Waals surface area (Å²) in [5, 5.41) is 0. The highest BCUT2D eigenvalue weighted by Crippen LogP contribution is 2.65. The van der Waals surface area contributed by atoms with Gasteiger partial charge in [0.25, 0.3) is 0 Å². The standard InChI is InChI=1S/C35H64O13Si8/c36-56-46-53(33-23-9-10-24-33)40-50(30-17-3-4-18-30)37-49(29-15-1-2-16-29)38-51(42-53,31-19-5-6-20-31)44-55(48-56,35-27-13-14-28-35)45-52(39-49,32-21-7-8-22-32)43-54(41-50,47-56)34-25-11-12-26-34/h29-36H,1-28H2. The van der Waals surface area contributed by atoms with Crippen LogP contribution >= 0.6 is 0 Å². The van der Waals surface area contributed by atoms with Gasteiger partial charge in [0.15, 0.2) is 0 Å². The minimum absolute atomic E-state index is 0.0127. The molecular formula is C35H64O13Si8. The predicted octanol–water partition coefficient (Wildman–Crippen LogP) is 8.86. The summed E-state index contributed by atoms with van der Waals surface area (Å²) < 4.78 is 96.2. The van der Waals surface area contributed by atoms with E-state index in [1.54, 1.807) is 0 Å². The molecule has 0 aromatic heterocycles. The SMILES string of the molecule is O[Si]12O[Si]3(C4CCCC4)O[Si]4(C5CCCC5)O[Si](C5CCCC5)(O1)O[Si]1(C5CCCC5)O[Si](C5CCCC5)(O2)O[Si](C2CCCC2)(O3)O[Si](C2CCCC2)(O4)O1. The summed E-state index contributed by atoms with van der Waals surface area (Å²) in [6, 6.07) is 0. The van der Waals surface area contributed by atoms with Gasteiger partial charge in [-0.1, -0.05) is 89.9 Å². The van der Waals surface area contributed by atoms with Crippen LogP contribution in [0, 0.1) is 0 Å². The van der Waals surface area contributed by atoms with E-state index in [0.717, 1.165) is 180 Å². The Morgan fingerprint density at radius 1 is 0.214 bits per heavy atom. The zero-order chi connectivity index (χ0) is 37.3. The Kier molecular flexibility index (Phi) is 9.79. The van der Waals surface area contributed by atoms with Crippen molar-refractivity contribution in [1.82, 2.24) is 0 Å². The molecule has 0 radical (unpaired) electrons. The van der Waals surface area contributed by atoms with E-state index >= 15 is 0 Å². The molecule has 56 heavy (non-hydrogen) atoms. The third kappa shape index (κ3) is 6.02. The van der Waals surface area contributed by atoms with Crippen molar-refractivity contribution in [3.63, 3.8) is 0 Å². The molecule has 0 aromatic rings. The molecule has 0 aromatic carbocycles. The number of hydrogen-bond donors (Lipinski definition) is 1. The van der Waals surface area contributed by atoms with Crippen molar-refractivity contribution in [3.8, 4) is 0 Å². The topological polar surface area (TPSA) is 131 Å². The lowest BCUT2D eigenvalue weighted by Crippen LogP contribution is -2.90. The van der Waals surface area contributed by atoms with Crippen LogP contribution in [0.1, 0.15) is 180 Å². The average molecular weight is 918 g/mol. The van der Waals surface area contributed by atoms with E-state index in [2.05, 4.69) is 0 Å². The first kappa shape index (κ1) is 38.9. The largest absolute Gasteiger partial charge is 0.654 e. The van der Waals surface area contributed by atoms with Gasteiger partial charge in [-0.3, -0.25) is 0 Å². The van der Waals surface area contributed by atoms with E-state index in [1.165, 1.54) is 0 Å². The molecule has 0 unspecified atom stereocenters. The third-order valence-corrected chi connectivity index (χ3v) is 54.4. The molecule has 21 heteroatoms. The van der Waals surface area contributed by atoms with E-state index in [1.807, 2.05) is 0 Å². The van der Waals surface area contributed by atoms with Crippen LogP contribution in [0.15, 0.2) is 0 Å². The van der Waals surface area contributed by atoms with Crippen molar-refractivity contribution >= 4 is 70.7 Å². The van der Waals surface area contributed by atoms with Crippen molar-refractivity contribution in [1.29, 1.82) is 0 Å². The van der Waals surface area contributed by atoms with Crippen molar-refractivity contribution in [2.45, 2.75) is 219 Å². The second kappa shape index (κ2) is 14.1. The van der Waals surface area contributed by atoms with E-state index in [0.29, 0.717) is 0 Å². The molecule has 7 aliphatic carbocycles. The normalized spacial score (nSPS) is 51.4. The third-order valence-electron chi connectivity index (χ3n) is 16.4. The Morgan fingerprint density at radius 3 is 0.482 bits per heavy atom. The fourth-order valence-corrected chi connectivity index (χ4v) is 66.9. The lowest BCUT2D eigenvalue weighted by atomic mass is 10.4. The molecule has 1 N–H and O–H groups in total. The summed E-state index contributed by atoms with van der Waals surface area (Å²) in [5.74, 6) is 0. The highest BCUT2D eigenvalue weighted by molar-refractivity contribution is 7.04. The molecule has 13 aliphatic rings. The fourth-order valence-electron chi connectivity index (χ4n) is 13.5. The van der Waals surface area contributed by atoms with Crippen molar-refractivity contribution in [3.05, 3.63) is 0 Å². The molecule has 6 saturated heterocycles. The van der Waals surface area contributed by atoms with Gasteiger partial charge < -0.3 is 54.2 Å². The van der Waals surface area contributed by atoms with Crippen molar-refractivity contribution in [2.24, 2.45) is 0 Å². The monoisotopic (exact) mass is 916 g/mol. The molecule has 6 heterocycles. The molecular weight excluding hydrogens is 853 g/mol. The molecule has 7 saturated carbocycles. The van der Waals surface area contributed by atoms with Crippen LogP contribution in [0.4, 0.5) is 0 Å². The highest BCUT2D eigenvalue weighted by Gasteiger charge is 2.88. The van der Waals surface area contributed by atoms with Crippen LogP contribution in [-0.2, 0) is 49.4 Å². The molecule has 0 spiro atoms. The second-order valence-electron chi connectivity index (χ2n) is 19.8. The molecule has 13 rings (SSSR count). The zero-order valence-corrected chi connectivity index (χ0v) is 41.2. The van der Waals surface area contributed by atoms with Crippen LogP contribution < -0.4 is 0 Å². The van der Waals surface area contributed by atoms with Gasteiger partial charge in [0, 0.05) is 38.8 Å². The Balaban J connectivity index is 1.17. The summed E-state index contributed by atoms with van der Waals surface area (Å²) in [5.41, 5.74) is -0.131. The Morgan fingerprint density at radius 2 is 0.339 bits per heavy atom. The van der Waals surface area contributed by atoms with Gasteiger partial charge in [-0.25, -0.2) is 0 Å². The maximum Gasteiger partial charge on any atom is 0.654 e. The van der Waals surface area contributed by atoms with Crippen LogP contribution in [0.5, 0.6) is 0 Å². The Bertz CT molecular complexity index is 1320. The first-order valence-corrected chi connectivity index (χ1v) is 37.6. The van der Waals surface area contributed by atoms with Gasteiger partial charge in [0.05, 0.1) is 0 Å². The van der Waals surface area contributed by atoms with Gasteiger partial charge in [0.1, 0.15) is 0 Å². The molecule has 0 atom stereocenters. The summed E-state index contributed by atoms with van der Waals surface area (Å²) in [7, 11) is -32.5. The summed E-state index contributed by atoms with van der Waals surface area (Å²) in [4.78, 5) is 13.6. The van der Waals surface area contributed by atoms with Crippen LogP contribution in [0.25, 0.3) is 0 Å². The molecule has 13 nitrogen and oxygen atoms in total. The first-order valence-electron chi connectivity index (χ1n) is 23.4. The summed E-state index contributed by atoms with van der Waals surface area (Å²) in [6.45, 7) is 0. The molecule has 314 valence electrons. The minimum atomic E-state index is -4.74. The van der Waals surface area contributed by atoms with Crippen molar-refractivity contribution in [2.75, 3.05) is 0 Å². The van der Waals surface area contributed by atoms with Gasteiger partial charge in [0.2, 0.25) is 0 Å². The predicted molar refractivity (Wildman–Crippen MR) is 217 cm³/mol. The highest BCUT2D eigenvalue weighted by atomic mass is 28.6. The first-order chi connectivity index (χ1) is 27.2. The summed E-state index contributed by atoms with van der Waals surface area (Å²) >= 11 is 0. The maximum absolute atomic E-state index is 13.6. The smallest absolute Gasteiger partial charge is 0.373 e. The van der Waals surface area contributed by atoms with E-state index in [-0.39, 0.29) is 38.8 Å². The second-order valence-corrected chi connectivity index (χ2v) is 44.9. The summed E-state index contributed by atoms with van der Waals surface area (Å²) in [6.07, 6.45) is 27.8. The maximum atomic E-state index is 13.6. The zero-order valence-electron chi connectivity index (χ0n) is 33.2. The number of hydrogen-bond acceptors (Lipinski definition) is 13. The van der Waals surface area contributed by atoms with Crippen LogP contribution in [0.2, 0.25) is 38.8 Å². The molecule has 13 fully saturated rings. The van der Waals surface area contributed by atoms with Gasteiger partial charge in [-0.15, -0.1) is 0 Å². The van der Waals surface area contributed by atoms with Gasteiger partial charge in [-0.2, -0.15) is 0 Å². The van der Waals surface area contributed by atoms with Crippen LogP contribution in [0.3, 0.4) is 0 Å². The van der Waals surface area contributed by atoms with Crippen LogP contribution in [-0.4, -0.2) is 75.5 Å². The fraction of sp³-hybridized carbons (Fsp3) is 1.00. The van der Waals surface area contributed by atoms with Crippen molar-refractivity contribution < 1.29 is 54.2 Å². The number of rotatable bonds is 7. The van der Waals surface area contributed by atoms with Gasteiger partial charge in [-0.05, 0) is 89.9 Å².